The van der Waals surface area contributed by atoms with Gasteiger partial charge in [-0.3, -0.25) is 14.5 Å². The first kappa shape index (κ1) is 16.9. The number of amides is 1. The van der Waals surface area contributed by atoms with Crippen LogP contribution in [0.4, 0.5) is 0 Å². The monoisotopic (exact) mass is 332 g/mol. The molecule has 6 nitrogen and oxygen atoms in total. The molecule has 1 aromatic carbocycles. The molecule has 2 aliphatic heterocycles. The number of rotatable bonds is 5. The Labute approximate surface area is 142 Å². The highest BCUT2D eigenvalue weighted by Gasteiger charge is 2.42. The van der Waals surface area contributed by atoms with E-state index in [1.165, 1.54) is 0 Å². The molecule has 2 heterocycles. The maximum atomic E-state index is 12.9. The van der Waals surface area contributed by atoms with Crippen molar-refractivity contribution in [2.45, 2.75) is 25.3 Å². The first-order chi connectivity index (χ1) is 11.6. The van der Waals surface area contributed by atoms with Crippen LogP contribution in [0, 0.1) is 0 Å². The molecule has 6 heteroatoms. The lowest BCUT2D eigenvalue weighted by atomic mass is 9.81. The Morgan fingerprint density at radius 3 is 2.62 bits per heavy atom. The van der Waals surface area contributed by atoms with Gasteiger partial charge >= 0.3 is 5.97 Å². The lowest BCUT2D eigenvalue weighted by Crippen LogP contribution is -2.52. The van der Waals surface area contributed by atoms with Crippen molar-refractivity contribution in [3.63, 3.8) is 0 Å². The van der Waals surface area contributed by atoms with Crippen LogP contribution >= 0.6 is 0 Å². The molecule has 1 N–H and O–H groups in total. The predicted octanol–water partition coefficient (Wildman–Crippen LogP) is 1.42. The minimum absolute atomic E-state index is 0.0526. The van der Waals surface area contributed by atoms with Crippen LogP contribution in [0.2, 0.25) is 0 Å². The average Bonchev–Trinajstić information content (AvgIpc) is 2.61. The summed E-state index contributed by atoms with van der Waals surface area (Å²) in [5, 5.41) is 9.74. The quantitative estimate of drug-likeness (QED) is 0.883. The van der Waals surface area contributed by atoms with Crippen molar-refractivity contribution >= 4 is 11.9 Å². The Morgan fingerprint density at radius 2 is 1.96 bits per heavy atom. The molecule has 130 valence electrons. The van der Waals surface area contributed by atoms with Gasteiger partial charge in [0.25, 0.3) is 5.91 Å². The Balaban J connectivity index is 1.84. The summed E-state index contributed by atoms with van der Waals surface area (Å²) in [5.74, 6) is -1.57. The van der Waals surface area contributed by atoms with Gasteiger partial charge in [0.1, 0.15) is 5.92 Å². The number of carbonyl (C=O) groups excluding carboxylic acids is 1. The minimum Gasteiger partial charge on any atom is -0.481 e. The van der Waals surface area contributed by atoms with Gasteiger partial charge in [-0.05, 0) is 18.1 Å². The lowest BCUT2D eigenvalue weighted by molar-refractivity contribution is -0.140. The van der Waals surface area contributed by atoms with E-state index in [4.69, 9.17) is 4.74 Å². The molecule has 1 fully saturated rings. The van der Waals surface area contributed by atoms with E-state index in [2.05, 4.69) is 4.90 Å². The largest absolute Gasteiger partial charge is 0.481 e. The highest BCUT2D eigenvalue weighted by molar-refractivity contribution is 6.00. The number of fused-ring (bicyclic) bond motifs is 1. The zero-order valence-corrected chi connectivity index (χ0v) is 14.0. The summed E-state index contributed by atoms with van der Waals surface area (Å²) in [6.45, 7) is 6.39. The second-order valence-corrected chi connectivity index (χ2v) is 6.33. The van der Waals surface area contributed by atoms with Gasteiger partial charge in [-0.15, -0.1) is 0 Å². The fourth-order valence-electron chi connectivity index (χ4n) is 3.75. The fraction of sp³-hybridized carbons (Fsp3) is 0.556. The summed E-state index contributed by atoms with van der Waals surface area (Å²) < 4.78 is 5.35. The summed E-state index contributed by atoms with van der Waals surface area (Å²) in [7, 11) is 0. The molecule has 3 rings (SSSR count). The molecule has 1 aromatic rings. The van der Waals surface area contributed by atoms with Crippen LogP contribution in [-0.2, 0) is 9.53 Å². The number of carbonyl (C=O) groups is 2. The number of morpholine rings is 1. The van der Waals surface area contributed by atoms with Crippen molar-refractivity contribution in [2.75, 3.05) is 39.4 Å². The first-order valence-electron chi connectivity index (χ1n) is 8.56. The lowest BCUT2D eigenvalue weighted by Gasteiger charge is -2.41. The molecule has 0 saturated carbocycles. The Hall–Kier alpha value is -1.92. The number of hydrogen-bond donors (Lipinski definition) is 1. The van der Waals surface area contributed by atoms with E-state index >= 15 is 0 Å². The molecule has 2 aliphatic rings. The number of ether oxygens (including phenoxy) is 1. The van der Waals surface area contributed by atoms with Crippen molar-refractivity contribution in [1.82, 2.24) is 9.80 Å². The van der Waals surface area contributed by atoms with Crippen LogP contribution < -0.4 is 0 Å². The van der Waals surface area contributed by atoms with Gasteiger partial charge in [-0.2, -0.15) is 0 Å². The second-order valence-electron chi connectivity index (χ2n) is 6.33. The second kappa shape index (κ2) is 7.32. The molecule has 1 amide bonds. The number of hydrogen-bond acceptors (Lipinski definition) is 4. The third-order valence-electron chi connectivity index (χ3n) is 5.02. The van der Waals surface area contributed by atoms with E-state index in [1.54, 1.807) is 29.2 Å². The van der Waals surface area contributed by atoms with E-state index in [0.29, 0.717) is 37.3 Å². The standard InChI is InChI=1S/C18H24N2O4/c1-2-15-16(18(22)23)13-5-3-4-6-14(13)17(21)20(15)8-7-19-9-11-24-12-10-19/h3-6,15-16H,2,7-12H2,1H3,(H,22,23). The number of benzene rings is 1. The Morgan fingerprint density at radius 1 is 1.25 bits per heavy atom. The molecule has 1 saturated heterocycles. The summed E-state index contributed by atoms with van der Waals surface area (Å²) in [6.07, 6.45) is 0.625. The van der Waals surface area contributed by atoms with Crippen LogP contribution in [0.25, 0.3) is 0 Å². The van der Waals surface area contributed by atoms with Gasteiger partial charge in [0, 0.05) is 37.8 Å². The molecule has 0 radical (unpaired) electrons. The number of carboxylic acid groups (broad SMARTS) is 1. The van der Waals surface area contributed by atoms with E-state index in [-0.39, 0.29) is 11.9 Å². The molecular formula is C18H24N2O4. The predicted molar refractivity (Wildman–Crippen MR) is 89.2 cm³/mol. The van der Waals surface area contributed by atoms with Crippen molar-refractivity contribution in [3.8, 4) is 0 Å². The van der Waals surface area contributed by atoms with Gasteiger partial charge in [0.2, 0.25) is 0 Å². The van der Waals surface area contributed by atoms with Crippen molar-refractivity contribution in [3.05, 3.63) is 35.4 Å². The molecule has 2 unspecified atom stereocenters. The fourth-order valence-corrected chi connectivity index (χ4v) is 3.75. The summed E-state index contributed by atoms with van der Waals surface area (Å²) in [6, 6.07) is 6.81. The summed E-state index contributed by atoms with van der Waals surface area (Å²) in [4.78, 5) is 28.8. The SMILES string of the molecule is CCC1C(C(=O)O)c2ccccc2C(=O)N1CCN1CCOCC1. The molecule has 2 atom stereocenters. The molecule has 24 heavy (non-hydrogen) atoms. The van der Waals surface area contributed by atoms with Crippen LogP contribution in [-0.4, -0.2) is 72.2 Å². The van der Waals surface area contributed by atoms with E-state index in [9.17, 15) is 14.7 Å². The number of aliphatic carboxylic acids is 1. The first-order valence-corrected chi connectivity index (χ1v) is 8.56. The Kier molecular flexibility index (Phi) is 5.16. The van der Waals surface area contributed by atoms with Crippen molar-refractivity contribution < 1.29 is 19.4 Å². The van der Waals surface area contributed by atoms with E-state index in [1.807, 2.05) is 6.92 Å². The highest BCUT2D eigenvalue weighted by atomic mass is 16.5. The van der Waals surface area contributed by atoms with Crippen LogP contribution in [0.1, 0.15) is 35.2 Å². The summed E-state index contributed by atoms with van der Waals surface area (Å²) in [5.41, 5.74) is 1.17. The minimum atomic E-state index is -0.863. The van der Waals surface area contributed by atoms with Crippen LogP contribution in [0.3, 0.4) is 0 Å². The Bertz CT molecular complexity index is 613. The molecule has 0 spiro atoms. The summed E-state index contributed by atoms with van der Waals surface area (Å²) >= 11 is 0. The average molecular weight is 332 g/mol. The van der Waals surface area contributed by atoms with Crippen molar-refractivity contribution in [2.24, 2.45) is 0 Å². The van der Waals surface area contributed by atoms with Gasteiger partial charge < -0.3 is 14.7 Å². The van der Waals surface area contributed by atoms with Crippen LogP contribution in [0.15, 0.2) is 24.3 Å². The van der Waals surface area contributed by atoms with E-state index < -0.39 is 11.9 Å². The smallest absolute Gasteiger partial charge is 0.313 e. The number of carboxylic acids is 1. The van der Waals surface area contributed by atoms with Crippen molar-refractivity contribution in [1.29, 1.82) is 0 Å². The van der Waals surface area contributed by atoms with Gasteiger partial charge in [0.05, 0.1) is 13.2 Å². The van der Waals surface area contributed by atoms with Gasteiger partial charge in [-0.25, -0.2) is 0 Å². The maximum absolute atomic E-state index is 12.9. The van der Waals surface area contributed by atoms with Gasteiger partial charge in [0.15, 0.2) is 0 Å². The third-order valence-corrected chi connectivity index (χ3v) is 5.02. The third kappa shape index (κ3) is 3.16. The van der Waals surface area contributed by atoms with Gasteiger partial charge in [-0.1, -0.05) is 25.1 Å². The highest BCUT2D eigenvalue weighted by Crippen LogP contribution is 2.35. The van der Waals surface area contributed by atoms with E-state index in [0.717, 1.165) is 19.6 Å². The molecule has 0 bridgehead atoms. The molecular weight excluding hydrogens is 308 g/mol. The normalized spacial score (nSPS) is 24.7. The molecule has 0 aliphatic carbocycles. The maximum Gasteiger partial charge on any atom is 0.313 e. The molecule has 0 aromatic heterocycles. The number of nitrogens with zero attached hydrogens (tertiary/aromatic N) is 2. The zero-order valence-electron chi connectivity index (χ0n) is 14.0. The zero-order chi connectivity index (χ0) is 17.1. The topological polar surface area (TPSA) is 70.1 Å². The van der Waals surface area contributed by atoms with Crippen LogP contribution in [0.5, 0.6) is 0 Å².